The maximum atomic E-state index is 12.4. The van der Waals surface area contributed by atoms with Crippen LogP contribution in [0.15, 0.2) is 48.5 Å². The van der Waals surface area contributed by atoms with Crippen molar-refractivity contribution in [2.75, 3.05) is 18.0 Å². The predicted molar refractivity (Wildman–Crippen MR) is 91.0 cm³/mol. The second-order valence-electron chi connectivity index (χ2n) is 5.76. The molecule has 1 aliphatic heterocycles. The SMILES string of the molecule is CC(=O)N(CCN1C(=O)c2ccccc2C1=O)c1ccccc1C. The van der Waals surface area contributed by atoms with Crippen LogP contribution in [0, 0.1) is 6.92 Å². The number of aryl methyl sites for hydroxylation is 1. The summed E-state index contributed by atoms with van der Waals surface area (Å²) in [6.07, 6.45) is 0. The number of hydrogen-bond donors (Lipinski definition) is 0. The van der Waals surface area contributed by atoms with Crippen LogP contribution in [0.25, 0.3) is 0 Å². The van der Waals surface area contributed by atoms with Crippen LogP contribution in [-0.4, -0.2) is 35.7 Å². The molecule has 3 amide bonds. The monoisotopic (exact) mass is 322 g/mol. The molecule has 1 heterocycles. The Labute approximate surface area is 140 Å². The number of imide groups is 1. The maximum absolute atomic E-state index is 12.4. The third-order valence-corrected chi connectivity index (χ3v) is 4.21. The lowest BCUT2D eigenvalue weighted by molar-refractivity contribution is -0.116. The number of carbonyl (C=O) groups excluding carboxylic acids is 3. The van der Waals surface area contributed by atoms with E-state index >= 15 is 0 Å². The van der Waals surface area contributed by atoms with E-state index in [0.29, 0.717) is 11.1 Å². The predicted octanol–water partition coefficient (Wildman–Crippen LogP) is 2.64. The van der Waals surface area contributed by atoms with Crippen molar-refractivity contribution in [1.82, 2.24) is 4.90 Å². The number of benzene rings is 2. The minimum absolute atomic E-state index is 0.124. The highest BCUT2D eigenvalue weighted by Gasteiger charge is 2.35. The van der Waals surface area contributed by atoms with E-state index in [1.54, 1.807) is 29.2 Å². The summed E-state index contributed by atoms with van der Waals surface area (Å²) in [5.74, 6) is -0.728. The zero-order valence-electron chi connectivity index (χ0n) is 13.7. The molecule has 122 valence electrons. The van der Waals surface area contributed by atoms with E-state index in [4.69, 9.17) is 0 Å². The molecular formula is C19H18N2O3. The summed E-state index contributed by atoms with van der Waals surface area (Å²) >= 11 is 0. The van der Waals surface area contributed by atoms with E-state index in [1.807, 2.05) is 31.2 Å². The molecule has 2 aromatic rings. The molecule has 0 spiro atoms. The average Bonchev–Trinajstić information content (AvgIpc) is 2.81. The first-order valence-corrected chi connectivity index (χ1v) is 7.79. The normalized spacial score (nSPS) is 13.2. The van der Waals surface area contributed by atoms with Gasteiger partial charge in [-0.15, -0.1) is 0 Å². The van der Waals surface area contributed by atoms with Crippen LogP contribution in [0.2, 0.25) is 0 Å². The molecule has 0 unspecified atom stereocenters. The van der Waals surface area contributed by atoms with Crippen molar-refractivity contribution in [3.63, 3.8) is 0 Å². The number of hydrogen-bond acceptors (Lipinski definition) is 3. The fourth-order valence-electron chi connectivity index (χ4n) is 2.96. The molecule has 5 nitrogen and oxygen atoms in total. The van der Waals surface area contributed by atoms with Gasteiger partial charge in [-0.25, -0.2) is 0 Å². The minimum atomic E-state index is -0.302. The van der Waals surface area contributed by atoms with Crippen LogP contribution in [0.3, 0.4) is 0 Å². The zero-order chi connectivity index (χ0) is 17.3. The van der Waals surface area contributed by atoms with Gasteiger partial charge in [0.25, 0.3) is 11.8 Å². The molecule has 0 aliphatic carbocycles. The van der Waals surface area contributed by atoms with Gasteiger partial charge in [0.2, 0.25) is 5.91 Å². The Morgan fingerprint density at radius 2 is 1.50 bits per heavy atom. The standard InChI is InChI=1S/C19H18N2O3/c1-13-7-3-6-10-17(13)20(14(2)22)11-12-21-18(23)15-8-4-5-9-16(15)19(21)24/h3-10H,11-12H2,1-2H3. The van der Waals surface area contributed by atoms with Crippen LogP contribution < -0.4 is 4.90 Å². The molecule has 0 saturated carbocycles. The lowest BCUT2D eigenvalue weighted by Gasteiger charge is -2.25. The van der Waals surface area contributed by atoms with Gasteiger partial charge in [0.1, 0.15) is 0 Å². The number of rotatable bonds is 4. The number of anilines is 1. The van der Waals surface area contributed by atoms with E-state index in [9.17, 15) is 14.4 Å². The maximum Gasteiger partial charge on any atom is 0.261 e. The summed E-state index contributed by atoms with van der Waals surface area (Å²) in [5, 5.41) is 0. The number of amides is 3. The molecule has 0 bridgehead atoms. The molecule has 1 aliphatic rings. The average molecular weight is 322 g/mol. The first-order valence-electron chi connectivity index (χ1n) is 7.79. The zero-order valence-corrected chi connectivity index (χ0v) is 13.7. The first-order chi connectivity index (χ1) is 11.5. The van der Waals surface area contributed by atoms with Crippen LogP contribution in [-0.2, 0) is 4.79 Å². The summed E-state index contributed by atoms with van der Waals surface area (Å²) in [7, 11) is 0. The summed E-state index contributed by atoms with van der Waals surface area (Å²) < 4.78 is 0. The van der Waals surface area contributed by atoms with E-state index in [1.165, 1.54) is 11.8 Å². The molecule has 3 rings (SSSR count). The van der Waals surface area contributed by atoms with E-state index in [0.717, 1.165) is 11.3 Å². The highest BCUT2D eigenvalue weighted by Crippen LogP contribution is 2.23. The second kappa shape index (κ2) is 6.28. The van der Waals surface area contributed by atoms with Crippen molar-refractivity contribution in [1.29, 1.82) is 0 Å². The first kappa shape index (κ1) is 15.9. The molecule has 2 aromatic carbocycles. The fourth-order valence-corrected chi connectivity index (χ4v) is 2.96. The number of nitrogens with zero attached hydrogens (tertiary/aromatic N) is 2. The summed E-state index contributed by atoms with van der Waals surface area (Å²) in [6.45, 7) is 3.84. The van der Waals surface area contributed by atoms with Crippen LogP contribution >= 0.6 is 0 Å². The molecule has 5 heteroatoms. The van der Waals surface area contributed by atoms with Gasteiger partial charge in [-0.3, -0.25) is 19.3 Å². The topological polar surface area (TPSA) is 57.7 Å². The van der Waals surface area contributed by atoms with Gasteiger partial charge in [-0.05, 0) is 30.7 Å². The van der Waals surface area contributed by atoms with Crippen molar-refractivity contribution in [3.8, 4) is 0 Å². The van der Waals surface area contributed by atoms with Crippen LogP contribution in [0.5, 0.6) is 0 Å². The Morgan fingerprint density at radius 3 is 2.04 bits per heavy atom. The molecule has 0 aromatic heterocycles. The van der Waals surface area contributed by atoms with Gasteiger partial charge in [0.15, 0.2) is 0 Å². The fraction of sp³-hybridized carbons (Fsp3) is 0.211. The van der Waals surface area contributed by atoms with Gasteiger partial charge in [-0.2, -0.15) is 0 Å². The van der Waals surface area contributed by atoms with Crippen molar-refractivity contribution < 1.29 is 14.4 Å². The Bertz CT molecular complexity index is 794. The second-order valence-corrected chi connectivity index (χ2v) is 5.76. The molecule has 0 saturated heterocycles. The van der Waals surface area contributed by atoms with Gasteiger partial charge < -0.3 is 4.90 Å². The highest BCUT2D eigenvalue weighted by molar-refractivity contribution is 6.21. The largest absolute Gasteiger partial charge is 0.311 e. The van der Waals surface area contributed by atoms with Gasteiger partial charge in [-0.1, -0.05) is 30.3 Å². The third-order valence-electron chi connectivity index (χ3n) is 4.21. The quantitative estimate of drug-likeness (QED) is 0.813. The highest BCUT2D eigenvalue weighted by atomic mass is 16.2. The van der Waals surface area contributed by atoms with Crippen LogP contribution in [0.4, 0.5) is 5.69 Å². The van der Waals surface area contributed by atoms with Crippen molar-refractivity contribution >= 4 is 23.4 Å². The Balaban J connectivity index is 1.80. The smallest absolute Gasteiger partial charge is 0.261 e. The Hall–Kier alpha value is -2.95. The third kappa shape index (κ3) is 2.69. The number of fused-ring (bicyclic) bond motifs is 1. The van der Waals surface area contributed by atoms with Crippen molar-refractivity contribution in [2.24, 2.45) is 0 Å². The number of para-hydroxylation sites is 1. The summed E-state index contributed by atoms with van der Waals surface area (Å²) in [4.78, 5) is 39.6. The summed E-state index contributed by atoms with van der Waals surface area (Å²) in [6, 6.07) is 14.3. The van der Waals surface area contributed by atoms with Gasteiger partial charge >= 0.3 is 0 Å². The van der Waals surface area contributed by atoms with Crippen molar-refractivity contribution in [3.05, 3.63) is 65.2 Å². The molecule has 24 heavy (non-hydrogen) atoms. The minimum Gasteiger partial charge on any atom is -0.311 e. The molecule has 0 atom stereocenters. The summed E-state index contributed by atoms with van der Waals surface area (Å²) in [5.41, 5.74) is 2.61. The number of carbonyl (C=O) groups is 3. The van der Waals surface area contributed by atoms with E-state index in [2.05, 4.69) is 0 Å². The van der Waals surface area contributed by atoms with Gasteiger partial charge in [0, 0.05) is 25.7 Å². The lowest BCUT2D eigenvalue weighted by Crippen LogP contribution is -2.40. The van der Waals surface area contributed by atoms with E-state index < -0.39 is 0 Å². The molecular weight excluding hydrogens is 304 g/mol. The lowest BCUT2D eigenvalue weighted by atomic mass is 10.1. The van der Waals surface area contributed by atoms with Gasteiger partial charge in [0.05, 0.1) is 11.1 Å². The molecule has 0 N–H and O–H groups in total. The van der Waals surface area contributed by atoms with Crippen LogP contribution in [0.1, 0.15) is 33.2 Å². The molecule has 0 fully saturated rings. The molecule has 0 radical (unpaired) electrons. The van der Waals surface area contributed by atoms with Crippen molar-refractivity contribution in [2.45, 2.75) is 13.8 Å². The Kier molecular flexibility index (Phi) is 4.16. The van der Waals surface area contributed by atoms with E-state index in [-0.39, 0.29) is 30.8 Å². The Morgan fingerprint density at radius 1 is 0.958 bits per heavy atom.